The Bertz CT molecular complexity index is 1270. The minimum Gasteiger partial charge on any atom is -0.339 e. The van der Waals surface area contributed by atoms with Crippen LogP contribution < -0.4 is 0 Å². The first-order valence-corrected chi connectivity index (χ1v) is 12.8. The summed E-state index contributed by atoms with van der Waals surface area (Å²) < 4.78 is 2.12. The van der Waals surface area contributed by atoms with Crippen LogP contribution in [0.4, 0.5) is 0 Å². The molecule has 0 bridgehead atoms. The largest absolute Gasteiger partial charge is 0.339 e. The molecule has 34 heavy (non-hydrogen) atoms. The summed E-state index contributed by atoms with van der Waals surface area (Å²) in [5.74, 6) is 1.61. The molecule has 5 rings (SSSR count). The van der Waals surface area contributed by atoms with Crippen molar-refractivity contribution in [2.24, 2.45) is 0 Å². The Morgan fingerprint density at radius 1 is 0.853 bits per heavy atom. The van der Waals surface area contributed by atoms with Gasteiger partial charge in [-0.3, -0.25) is 9.36 Å². The smallest absolute Gasteiger partial charge is 0.253 e. The Labute approximate surface area is 208 Å². The molecule has 0 aliphatic carbocycles. The number of amides is 1. The first-order valence-electron chi connectivity index (χ1n) is 11.4. The molecular formula is C27H25ClN4OS. The molecule has 1 aliphatic rings. The van der Waals surface area contributed by atoms with Crippen LogP contribution in [0.15, 0.2) is 84.0 Å². The average molecular weight is 489 g/mol. The normalized spacial score (nSPS) is 13.4. The molecule has 1 fully saturated rings. The van der Waals surface area contributed by atoms with Crippen molar-refractivity contribution in [3.8, 4) is 11.4 Å². The summed E-state index contributed by atoms with van der Waals surface area (Å²) in [7, 11) is 0. The Kier molecular flexibility index (Phi) is 6.97. The van der Waals surface area contributed by atoms with Crippen LogP contribution in [0.25, 0.3) is 11.4 Å². The molecule has 1 saturated heterocycles. The maximum atomic E-state index is 12.6. The van der Waals surface area contributed by atoms with E-state index in [-0.39, 0.29) is 5.91 Å². The lowest BCUT2D eigenvalue weighted by atomic mass is 10.1. The number of nitrogens with zero attached hydrogens (tertiary/aromatic N) is 4. The van der Waals surface area contributed by atoms with E-state index in [1.165, 1.54) is 5.56 Å². The number of likely N-dealkylation sites (tertiary alicyclic amines) is 1. The Hall–Kier alpha value is -3.09. The van der Waals surface area contributed by atoms with E-state index in [0.29, 0.717) is 11.6 Å². The van der Waals surface area contributed by atoms with Gasteiger partial charge in [-0.15, -0.1) is 10.2 Å². The maximum Gasteiger partial charge on any atom is 0.253 e. The number of hydrogen-bond donors (Lipinski definition) is 0. The molecular weight excluding hydrogens is 464 g/mol. The zero-order chi connectivity index (χ0) is 23.3. The van der Waals surface area contributed by atoms with E-state index in [1.807, 2.05) is 71.6 Å². The number of rotatable bonds is 7. The second kappa shape index (κ2) is 10.5. The summed E-state index contributed by atoms with van der Waals surface area (Å²) in [5, 5.41) is 10.5. The highest BCUT2D eigenvalue weighted by molar-refractivity contribution is 7.98. The second-order valence-corrected chi connectivity index (χ2v) is 9.69. The van der Waals surface area contributed by atoms with Gasteiger partial charge in [-0.05, 0) is 48.2 Å². The van der Waals surface area contributed by atoms with Crippen molar-refractivity contribution in [3.63, 3.8) is 0 Å². The van der Waals surface area contributed by atoms with Crippen LogP contribution in [0.1, 0.15) is 34.3 Å². The molecule has 1 amide bonds. The predicted octanol–water partition coefficient (Wildman–Crippen LogP) is 6.18. The molecule has 0 radical (unpaired) electrons. The molecule has 5 nitrogen and oxygen atoms in total. The van der Waals surface area contributed by atoms with Gasteiger partial charge < -0.3 is 4.90 Å². The van der Waals surface area contributed by atoms with E-state index in [9.17, 15) is 4.79 Å². The van der Waals surface area contributed by atoms with Crippen molar-refractivity contribution in [1.82, 2.24) is 19.7 Å². The van der Waals surface area contributed by atoms with Gasteiger partial charge in [-0.25, -0.2) is 0 Å². The van der Waals surface area contributed by atoms with Crippen molar-refractivity contribution in [1.29, 1.82) is 0 Å². The molecule has 1 aliphatic heterocycles. The molecule has 4 aromatic rings. The van der Waals surface area contributed by atoms with Gasteiger partial charge in [0.15, 0.2) is 11.0 Å². The molecule has 172 valence electrons. The lowest BCUT2D eigenvalue weighted by molar-refractivity contribution is 0.0793. The third kappa shape index (κ3) is 5.03. The SMILES string of the molecule is O=C(c1ccc(CSc2nnc(-c3ccccc3Cl)n2Cc2ccccc2)cc1)N1CCCC1. The van der Waals surface area contributed by atoms with E-state index in [1.54, 1.807) is 11.8 Å². The highest BCUT2D eigenvalue weighted by atomic mass is 35.5. The monoisotopic (exact) mass is 488 g/mol. The van der Waals surface area contributed by atoms with Gasteiger partial charge in [-0.2, -0.15) is 0 Å². The maximum absolute atomic E-state index is 12.6. The molecule has 2 heterocycles. The summed E-state index contributed by atoms with van der Waals surface area (Å²) >= 11 is 8.12. The third-order valence-corrected chi connectivity index (χ3v) is 7.34. The standard InChI is InChI=1S/C27H25ClN4OS/c28-24-11-5-4-10-23(24)25-29-30-27(32(25)18-20-8-2-1-3-9-20)34-19-21-12-14-22(15-13-21)26(33)31-16-6-7-17-31/h1-5,8-15H,6-7,16-19H2. The van der Waals surface area contributed by atoms with Gasteiger partial charge in [-0.1, -0.05) is 78.0 Å². The minimum absolute atomic E-state index is 0.128. The van der Waals surface area contributed by atoms with Crippen LogP contribution in [-0.2, 0) is 12.3 Å². The first kappa shape index (κ1) is 22.7. The van der Waals surface area contributed by atoms with Crippen LogP contribution >= 0.6 is 23.4 Å². The molecule has 0 atom stereocenters. The number of carbonyl (C=O) groups is 1. The summed E-state index contributed by atoms with van der Waals surface area (Å²) in [4.78, 5) is 14.5. The van der Waals surface area contributed by atoms with Gasteiger partial charge in [0.05, 0.1) is 11.6 Å². The van der Waals surface area contributed by atoms with Gasteiger partial charge in [0.25, 0.3) is 5.91 Å². The van der Waals surface area contributed by atoms with Crippen molar-refractivity contribution >= 4 is 29.3 Å². The number of thioether (sulfide) groups is 1. The summed E-state index contributed by atoms with van der Waals surface area (Å²) in [5.41, 5.74) is 3.92. The van der Waals surface area contributed by atoms with E-state index < -0.39 is 0 Å². The molecule has 3 aromatic carbocycles. The van der Waals surface area contributed by atoms with Gasteiger partial charge >= 0.3 is 0 Å². The summed E-state index contributed by atoms with van der Waals surface area (Å²) in [6.07, 6.45) is 2.20. The molecule has 0 spiro atoms. The van der Waals surface area contributed by atoms with E-state index in [0.717, 1.165) is 59.4 Å². The van der Waals surface area contributed by atoms with Crippen molar-refractivity contribution in [3.05, 3.63) is 101 Å². The Morgan fingerprint density at radius 3 is 2.29 bits per heavy atom. The van der Waals surface area contributed by atoms with E-state index >= 15 is 0 Å². The van der Waals surface area contributed by atoms with Crippen molar-refractivity contribution in [2.75, 3.05) is 13.1 Å². The van der Waals surface area contributed by atoms with Gasteiger partial charge in [0.1, 0.15) is 0 Å². The average Bonchev–Trinajstić information content (AvgIpc) is 3.55. The fraction of sp³-hybridized carbons (Fsp3) is 0.222. The highest BCUT2D eigenvalue weighted by Crippen LogP contribution is 2.31. The van der Waals surface area contributed by atoms with Crippen LogP contribution in [0.2, 0.25) is 5.02 Å². The molecule has 1 aromatic heterocycles. The third-order valence-electron chi connectivity index (χ3n) is 5.98. The highest BCUT2D eigenvalue weighted by Gasteiger charge is 2.20. The molecule has 0 saturated carbocycles. The quantitative estimate of drug-likeness (QED) is 0.292. The zero-order valence-corrected chi connectivity index (χ0v) is 20.3. The number of carbonyl (C=O) groups excluding carboxylic acids is 1. The topological polar surface area (TPSA) is 51.0 Å². The van der Waals surface area contributed by atoms with Gasteiger partial charge in [0, 0.05) is 30.0 Å². The summed E-state index contributed by atoms with van der Waals surface area (Å²) in [6, 6.07) is 25.9. The zero-order valence-electron chi connectivity index (χ0n) is 18.7. The number of halogens is 1. The minimum atomic E-state index is 0.128. The van der Waals surface area contributed by atoms with Crippen LogP contribution in [0.3, 0.4) is 0 Å². The molecule has 7 heteroatoms. The van der Waals surface area contributed by atoms with Crippen LogP contribution in [0.5, 0.6) is 0 Å². The molecule has 0 N–H and O–H groups in total. The number of hydrogen-bond acceptors (Lipinski definition) is 4. The second-order valence-electron chi connectivity index (χ2n) is 8.34. The summed E-state index contributed by atoms with van der Waals surface area (Å²) in [6.45, 7) is 2.38. The fourth-order valence-corrected chi connectivity index (χ4v) is 5.25. The van der Waals surface area contributed by atoms with Crippen LogP contribution in [-0.4, -0.2) is 38.7 Å². The Balaban J connectivity index is 1.36. The van der Waals surface area contributed by atoms with Gasteiger partial charge in [0.2, 0.25) is 0 Å². The first-order chi connectivity index (χ1) is 16.7. The lowest BCUT2D eigenvalue weighted by Gasteiger charge is -2.15. The lowest BCUT2D eigenvalue weighted by Crippen LogP contribution is -2.27. The molecule has 0 unspecified atom stereocenters. The van der Waals surface area contributed by atoms with Crippen molar-refractivity contribution < 1.29 is 4.79 Å². The number of benzene rings is 3. The van der Waals surface area contributed by atoms with Crippen molar-refractivity contribution in [2.45, 2.75) is 30.3 Å². The Morgan fingerprint density at radius 2 is 1.56 bits per heavy atom. The van der Waals surface area contributed by atoms with E-state index in [4.69, 9.17) is 11.6 Å². The number of aromatic nitrogens is 3. The predicted molar refractivity (Wildman–Crippen MR) is 137 cm³/mol. The van der Waals surface area contributed by atoms with Crippen LogP contribution in [0, 0.1) is 0 Å². The van der Waals surface area contributed by atoms with E-state index in [2.05, 4.69) is 26.9 Å². The fourth-order valence-electron chi connectivity index (χ4n) is 4.14.